The van der Waals surface area contributed by atoms with E-state index in [2.05, 4.69) is 0 Å². The second kappa shape index (κ2) is 8.26. The highest BCUT2D eigenvalue weighted by Crippen LogP contribution is 2.34. The molecule has 0 aliphatic carbocycles. The van der Waals surface area contributed by atoms with Crippen LogP contribution in [-0.2, 0) is 20.7 Å². The fourth-order valence-corrected chi connectivity index (χ4v) is 3.80. The molecule has 130 valence electrons. The zero-order valence-corrected chi connectivity index (χ0v) is 16.4. The molecule has 2 rings (SSSR count). The Bertz CT molecular complexity index is 817. The second-order valence-corrected chi connectivity index (χ2v) is 8.56. The Morgan fingerprint density at radius 2 is 1.62 bits per heavy atom. The van der Waals surface area contributed by atoms with Gasteiger partial charge in [0.1, 0.15) is 0 Å². The molecule has 2 aromatic carbocycles. The monoisotopic (exact) mass is 426 g/mol. The van der Waals surface area contributed by atoms with Crippen LogP contribution < -0.4 is 0 Å². The van der Waals surface area contributed by atoms with Crippen LogP contribution in [0.3, 0.4) is 0 Å². The Morgan fingerprint density at radius 1 is 1.00 bits per heavy atom. The number of hydrogen-bond donors (Lipinski definition) is 0. The number of hydrogen-bond acceptors (Lipinski definition) is 3. The van der Waals surface area contributed by atoms with Gasteiger partial charge in [0.05, 0.1) is 12.9 Å². The van der Waals surface area contributed by atoms with Crippen molar-refractivity contribution in [3.05, 3.63) is 67.6 Å². The van der Waals surface area contributed by atoms with Gasteiger partial charge in [0.2, 0.25) is 0 Å². The molecule has 2 aromatic rings. The van der Waals surface area contributed by atoms with E-state index >= 15 is 0 Å². The van der Waals surface area contributed by atoms with E-state index in [0.717, 1.165) is 6.26 Å². The Kier molecular flexibility index (Phi) is 6.82. The summed E-state index contributed by atoms with van der Waals surface area (Å²) in [5, 5.41) is 1.91. The molecule has 0 unspecified atom stereocenters. The van der Waals surface area contributed by atoms with E-state index in [1.54, 1.807) is 36.4 Å². The van der Waals surface area contributed by atoms with Crippen LogP contribution in [0.15, 0.2) is 36.4 Å². The van der Waals surface area contributed by atoms with E-state index in [0.29, 0.717) is 37.6 Å². The number of benzene rings is 2. The van der Waals surface area contributed by atoms with Crippen molar-refractivity contribution >= 4 is 56.5 Å². The van der Waals surface area contributed by atoms with Gasteiger partial charge in [-0.1, -0.05) is 58.5 Å². The molecule has 3 nitrogen and oxygen atoms in total. The zero-order valence-electron chi connectivity index (χ0n) is 12.6. The van der Waals surface area contributed by atoms with E-state index in [4.69, 9.17) is 50.6 Å². The quantitative estimate of drug-likeness (QED) is 0.563. The van der Waals surface area contributed by atoms with E-state index in [9.17, 15) is 8.42 Å². The van der Waals surface area contributed by atoms with Crippen molar-refractivity contribution in [2.75, 3.05) is 12.9 Å². The molecule has 0 radical (unpaired) electrons. The summed E-state index contributed by atoms with van der Waals surface area (Å²) in [6, 6.07) is 10.2. The fourth-order valence-electron chi connectivity index (χ4n) is 2.27. The first-order valence-corrected chi connectivity index (χ1v) is 10.2. The minimum Gasteiger partial charge on any atom is -0.270 e. The second-order valence-electron chi connectivity index (χ2n) is 5.26. The predicted molar refractivity (Wildman–Crippen MR) is 100 cm³/mol. The lowest BCUT2D eigenvalue weighted by molar-refractivity contribution is 0.293. The van der Waals surface area contributed by atoms with E-state index in [1.165, 1.54) is 0 Å². The lowest BCUT2D eigenvalue weighted by Gasteiger charge is -2.20. The van der Waals surface area contributed by atoms with Gasteiger partial charge in [0, 0.05) is 26.0 Å². The maximum absolute atomic E-state index is 11.4. The van der Waals surface area contributed by atoms with Gasteiger partial charge in [0.25, 0.3) is 10.1 Å². The van der Waals surface area contributed by atoms with Crippen molar-refractivity contribution in [2.45, 2.75) is 12.3 Å². The van der Waals surface area contributed by atoms with Crippen molar-refractivity contribution in [3.8, 4) is 0 Å². The van der Waals surface area contributed by atoms with Gasteiger partial charge in [-0.2, -0.15) is 8.42 Å². The Labute approximate surface area is 161 Å². The van der Waals surface area contributed by atoms with Crippen LogP contribution in [0.2, 0.25) is 20.1 Å². The largest absolute Gasteiger partial charge is 0.270 e. The third-order valence-corrected chi connectivity index (χ3v) is 5.23. The minimum atomic E-state index is -3.60. The van der Waals surface area contributed by atoms with Crippen LogP contribution in [0.25, 0.3) is 0 Å². The minimum absolute atomic E-state index is 0.0816. The number of rotatable bonds is 6. The van der Waals surface area contributed by atoms with Crippen LogP contribution in [0.5, 0.6) is 0 Å². The van der Waals surface area contributed by atoms with Gasteiger partial charge < -0.3 is 0 Å². The van der Waals surface area contributed by atoms with E-state index in [1.807, 2.05) is 0 Å². The molecule has 8 heteroatoms. The average molecular weight is 428 g/mol. The summed E-state index contributed by atoms with van der Waals surface area (Å²) in [5.41, 5.74) is 1.41. The molecule has 0 bridgehead atoms. The number of halogens is 4. The predicted octanol–water partition coefficient (Wildman–Crippen LogP) is 5.60. The summed E-state index contributed by atoms with van der Waals surface area (Å²) in [7, 11) is -3.60. The third kappa shape index (κ3) is 5.51. The molecule has 0 N–H and O–H groups in total. The molecule has 0 aliphatic rings. The zero-order chi connectivity index (χ0) is 17.9. The Morgan fingerprint density at radius 3 is 2.17 bits per heavy atom. The summed E-state index contributed by atoms with van der Waals surface area (Å²) >= 11 is 24.6. The van der Waals surface area contributed by atoms with E-state index < -0.39 is 10.1 Å². The maximum atomic E-state index is 11.4. The van der Waals surface area contributed by atoms with Crippen molar-refractivity contribution < 1.29 is 12.6 Å². The van der Waals surface area contributed by atoms with Crippen LogP contribution in [0.4, 0.5) is 0 Å². The molecule has 0 aliphatic heterocycles. The normalized spacial score (nSPS) is 13.0. The van der Waals surface area contributed by atoms with Gasteiger partial charge in [-0.15, -0.1) is 0 Å². The molecule has 1 atom stereocenters. The molecule has 0 aromatic heterocycles. The molecule has 0 heterocycles. The Balaban J connectivity index is 2.39. The molecular formula is C16H14Cl4O3S. The van der Waals surface area contributed by atoms with E-state index in [-0.39, 0.29) is 12.5 Å². The SMILES string of the molecule is CS(=O)(=O)OC[C@H](Cc1c(Cl)cccc1Cl)c1ccc(Cl)cc1Cl. The van der Waals surface area contributed by atoms with Crippen LogP contribution >= 0.6 is 46.4 Å². The van der Waals surface area contributed by atoms with Crippen molar-refractivity contribution in [1.82, 2.24) is 0 Å². The van der Waals surface area contributed by atoms with Crippen molar-refractivity contribution in [3.63, 3.8) is 0 Å². The third-order valence-electron chi connectivity index (χ3n) is 3.40. The van der Waals surface area contributed by atoms with Gasteiger partial charge in [-0.25, -0.2) is 0 Å². The highest BCUT2D eigenvalue weighted by Gasteiger charge is 2.21. The maximum Gasteiger partial charge on any atom is 0.264 e. The van der Waals surface area contributed by atoms with Gasteiger partial charge in [-0.05, 0) is 41.8 Å². The summed E-state index contributed by atoms with van der Waals surface area (Å²) < 4.78 is 27.7. The van der Waals surface area contributed by atoms with Gasteiger partial charge in [-0.3, -0.25) is 4.18 Å². The molecule has 0 saturated carbocycles. The summed E-state index contributed by atoms with van der Waals surface area (Å²) in [6.07, 6.45) is 1.37. The van der Waals surface area contributed by atoms with Crippen LogP contribution in [0, 0.1) is 0 Å². The molecule has 0 amide bonds. The smallest absolute Gasteiger partial charge is 0.264 e. The fraction of sp³-hybridized carbons (Fsp3) is 0.250. The average Bonchev–Trinajstić information content (AvgIpc) is 2.46. The lowest BCUT2D eigenvalue weighted by atomic mass is 9.92. The highest BCUT2D eigenvalue weighted by molar-refractivity contribution is 7.85. The summed E-state index contributed by atoms with van der Waals surface area (Å²) in [4.78, 5) is 0. The Hall–Kier alpha value is -0.490. The lowest BCUT2D eigenvalue weighted by Crippen LogP contribution is -2.15. The molecule has 0 saturated heterocycles. The first-order valence-electron chi connectivity index (χ1n) is 6.89. The molecular weight excluding hydrogens is 414 g/mol. The standard InChI is InChI=1S/C16H14Cl4O3S/c1-24(21,22)23-9-10(12-6-5-11(17)8-16(12)20)7-13-14(18)3-2-4-15(13)19/h2-6,8,10H,7,9H2,1H3/t10-/m0/s1. The summed E-state index contributed by atoms with van der Waals surface area (Å²) in [6.45, 7) is -0.0816. The van der Waals surface area contributed by atoms with Crippen LogP contribution in [-0.4, -0.2) is 21.3 Å². The van der Waals surface area contributed by atoms with Crippen molar-refractivity contribution in [2.24, 2.45) is 0 Å². The summed E-state index contributed by atoms with van der Waals surface area (Å²) in [5.74, 6) is -0.359. The highest BCUT2D eigenvalue weighted by atomic mass is 35.5. The van der Waals surface area contributed by atoms with Gasteiger partial charge >= 0.3 is 0 Å². The van der Waals surface area contributed by atoms with Gasteiger partial charge in [0.15, 0.2) is 0 Å². The van der Waals surface area contributed by atoms with Crippen molar-refractivity contribution in [1.29, 1.82) is 0 Å². The first-order chi connectivity index (χ1) is 11.2. The molecule has 24 heavy (non-hydrogen) atoms. The molecule has 0 fully saturated rings. The van der Waals surface area contributed by atoms with Crippen LogP contribution in [0.1, 0.15) is 17.0 Å². The topological polar surface area (TPSA) is 43.4 Å². The first kappa shape index (κ1) is 19.8. The molecule has 0 spiro atoms.